The first-order valence-corrected chi connectivity index (χ1v) is 10.2. The molecule has 3 amide bonds. The quantitative estimate of drug-likeness (QED) is 0.640. The van der Waals surface area contributed by atoms with Gasteiger partial charge in [0.25, 0.3) is 0 Å². The zero-order chi connectivity index (χ0) is 22.9. The van der Waals surface area contributed by atoms with Crippen molar-refractivity contribution in [1.29, 1.82) is 0 Å². The van der Waals surface area contributed by atoms with Gasteiger partial charge in [-0.05, 0) is 11.1 Å². The van der Waals surface area contributed by atoms with Gasteiger partial charge in [-0.3, -0.25) is 14.4 Å². The van der Waals surface area contributed by atoms with Crippen LogP contribution in [0.3, 0.4) is 0 Å². The fourth-order valence-corrected chi connectivity index (χ4v) is 3.52. The van der Waals surface area contributed by atoms with Crippen LogP contribution in [0.25, 0.3) is 0 Å². The molecule has 2 N–H and O–H groups in total. The molecule has 0 radical (unpaired) electrons. The average molecular weight is 439 g/mol. The van der Waals surface area contributed by atoms with E-state index in [0.717, 1.165) is 11.1 Å². The molecule has 0 aliphatic carbocycles. The Balaban J connectivity index is 1.61. The van der Waals surface area contributed by atoms with Crippen molar-refractivity contribution in [1.82, 2.24) is 15.1 Å². The van der Waals surface area contributed by atoms with Gasteiger partial charge in [0.1, 0.15) is 25.7 Å². The van der Waals surface area contributed by atoms with E-state index in [-0.39, 0.29) is 32.7 Å². The first kappa shape index (κ1) is 22.8. The SMILES string of the molecule is O=C(O)CN1CCN(C(=O)CNC(=O)OCc2ccccc2)[C@@H](Cc2ccccc2)C1=O. The molecular formula is C23H25N3O6. The number of hydrogen-bond donors (Lipinski definition) is 2. The summed E-state index contributed by atoms with van der Waals surface area (Å²) in [5.74, 6) is -1.98. The minimum absolute atomic E-state index is 0.0733. The van der Waals surface area contributed by atoms with Crippen LogP contribution in [0.2, 0.25) is 0 Å². The normalized spacial score (nSPS) is 15.9. The molecule has 1 aliphatic rings. The van der Waals surface area contributed by atoms with Crippen molar-refractivity contribution in [3.05, 3.63) is 71.8 Å². The van der Waals surface area contributed by atoms with E-state index < -0.39 is 36.5 Å². The largest absolute Gasteiger partial charge is 0.480 e. The molecular weight excluding hydrogens is 414 g/mol. The van der Waals surface area contributed by atoms with Crippen LogP contribution >= 0.6 is 0 Å². The van der Waals surface area contributed by atoms with Crippen molar-refractivity contribution in [2.75, 3.05) is 26.2 Å². The molecule has 0 bridgehead atoms. The van der Waals surface area contributed by atoms with Crippen LogP contribution in [0.15, 0.2) is 60.7 Å². The summed E-state index contributed by atoms with van der Waals surface area (Å²) in [6.45, 7) is -0.387. The molecule has 1 aliphatic heterocycles. The van der Waals surface area contributed by atoms with Gasteiger partial charge in [0, 0.05) is 19.5 Å². The van der Waals surface area contributed by atoms with Gasteiger partial charge in [0.2, 0.25) is 11.8 Å². The van der Waals surface area contributed by atoms with Crippen molar-refractivity contribution < 1.29 is 29.0 Å². The Morgan fingerprint density at radius 2 is 1.59 bits per heavy atom. The lowest BCUT2D eigenvalue weighted by molar-refractivity contribution is -0.155. The lowest BCUT2D eigenvalue weighted by Crippen LogP contribution is -2.61. The number of aliphatic carboxylic acids is 1. The number of carbonyl (C=O) groups is 4. The topological polar surface area (TPSA) is 116 Å². The van der Waals surface area contributed by atoms with Gasteiger partial charge in [-0.15, -0.1) is 0 Å². The molecule has 0 saturated carbocycles. The highest BCUT2D eigenvalue weighted by molar-refractivity contribution is 5.92. The summed E-state index contributed by atoms with van der Waals surface area (Å²) in [6.07, 6.45) is -0.488. The summed E-state index contributed by atoms with van der Waals surface area (Å²) >= 11 is 0. The van der Waals surface area contributed by atoms with E-state index in [0.29, 0.717) is 0 Å². The number of hydrogen-bond acceptors (Lipinski definition) is 5. The second-order valence-electron chi connectivity index (χ2n) is 7.36. The lowest BCUT2D eigenvalue weighted by Gasteiger charge is -2.40. The summed E-state index contributed by atoms with van der Waals surface area (Å²) in [5.41, 5.74) is 1.66. The van der Waals surface area contributed by atoms with Crippen LogP contribution in [-0.4, -0.2) is 71.0 Å². The third-order valence-electron chi connectivity index (χ3n) is 5.10. The first-order chi connectivity index (χ1) is 15.4. The lowest BCUT2D eigenvalue weighted by atomic mass is 10.0. The van der Waals surface area contributed by atoms with Gasteiger partial charge >= 0.3 is 12.1 Å². The van der Waals surface area contributed by atoms with Crippen LogP contribution < -0.4 is 5.32 Å². The van der Waals surface area contributed by atoms with E-state index in [1.807, 2.05) is 60.7 Å². The predicted octanol–water partition coefficient (Wildman–Crippen LogP) is 1.28. The molecule has 1 atom stereocenters. The van der Waals surface area contributed by atoms with Gasteiger partial charge in [-0.2, -0.15) is 0 Å². The van der Waals surface area contributed by atoms with Gasteiger partial charge in [-0.25, -0.2) is 4.79 Å². The summed E-state index contributed by atoms with van der Waals surface area (Å²) in [7, 11) is 0. The van der Waals surface area contributed by atoms with Gasteiger partial charge < -0.3 is 25.0 Å². The molecule has 9 nitrogen and oxygen atoms in total. The minimum Gasteiger partial charge on any atom is -0.480 e. The second kappa shape index (κ2) is 10.9. The van der Waals surface area contributed by atoms with E-state index in [2.05, 4.69) is 5.32 Å². The minimum atomic E-state index is -1.11. The number of nitrogens with zero attached hydrogens (tertiary/aromatic N) is 2. The number of nitrogens with one attached hydrogen (secondary N) is 1. The molecule has 2 aromatic rings. The Morgan fingerprint density at radius 3 is 2.22 bits per heavy atom. The van der Waals surface area contributed by atoms with Crippen LogP contribution in [0.1, 0.15) is 11.1 Å². The van der Waals surface area contributed by atoms with Crippen LogP contribution in [0.4, 0.5) is 4.79 Å². The summed E-state index contributed by atoms with van der Waals surface area (Å²) in [6, 6.07) is 17.5. The molecule has 1 saturated heterocycles. The molecule has 0 spiro atoms. The predicted molar refractivity (Wildman–Crippen MR) is 114 cm³/mol. The maximum atomic E-state index is 12.9. The van der Waals surface area contributed by atoms with Crippen molar-refractivity contribution >= 4 is 23.9 Å². The highest BCUT2D eigenvalue weighted by atomic mass is 16.5. The highest BCUT2D eigenvalue weighted by Crippen LogP contribution is 2.17. The van der Waals surface area contributed by atoms with Gasteiger partial charge in [-0.1, -0.05) is 60.7 Å². The van der Waals surface area contributed by atoms with Gasteiger partial charge in [0.05, 0.1) is 0 Å². The van der Waals surface area contributed by atoms with E-state index in [9.17, 15) is 19.2 Å². The molecule has 0 unspecified atom stereocenters. The van der Waals surface area contributed by atoms with Crippen LogP contribution in [-0.2, 0) is 32.1 Å². The van der Waals surface area contributed by atoms with Gasteiger partial charge in [0.15, 0.2) is 0 Å². The van der Waals surface area contributed by atoms with E-state index >= 15 is 0 Å². The molecule has 9 heteroatoms. The second-order valence-corrected chi connectivity index (χ2v) is 7.36. The molecule has 3 rings (SSSR count). The Bertz CT molecular complexity index is 951. The Morgan fingerprint density at radius 1 is 0.969 bits per heavy atom. The molecule has 2 aromatic carbocycles. The number of piperazine rings is 1. The maximum absolute atomic E-state index is 12.9. The Labute approximate surface area is 185 Å². The summed E-state index contributed by atoms with van der Waals surface area (Å²) in [4.78, 5) is 51.5. The zero-order valence-corrected chi connectivity index (χ0v) is 17.5. The summed E-state index contributed by atoms with van der Waals surface area (Å²) < 4.78 is 5.11. The third-order valence-corrected chi connectivity index (χ3v) is 5.10. The summed E-state index contributed by atoms with van der Waals surface area (Å²) in [5, 5.41) is 11.5. The number of carboxylic acids is 1. The highest BCUT2D eigenvalue weighted by Gasteiger charge is 2.38. The molecule has 168 valence electrons. The average Bonchev–Trinajstić information content (AvgIpc) is 2.80. The van der Waals surface area contributed by atoms with Crippen molar-refractivity contribution in [2.45, 2.75) is 19.1 Å². The Hall–Kier alpha value is -3.88. The smallest absolute Gasteiger partial charge is 0.407 e. The molecule has 1 fully saturated rings. The number of amides is 3. The number of alkyl carbamates (subject to hydrolysis) is 1. The fraction of sp³-hybridized carbons (Fsp3) is 0.304. The van der Waals surface area contributed by atoms with E-state index in [4.69, 9.17) is 9.84 Å². The molecule has 32 heavy (non-hydrogen) atoms. The van der Waals surface area contributed by atoms with Crippen LogP contribution in [0.5, 0.6) is 0 Å². The number of carboxylic acid groups (broad SMARTS) is 1. The Kier molecular flexibility index (Phi) is 7.80. The maximum Gasteiger partial charge on any atom is 0.407 e. The van der Waals surface area contributed by atoms with Crippen molar-refractivity contribution in [3.63, 3.8) is 0 Å². The molecule has 1 heterocycles. The number of rotatable bonds is 8. The number of benzene rings is 2. The fourth-order valence-electron chi connectivity index (χ4n) is 3.52. The third kappa shape index (κ3) is 6.31. The number of ether oxygens (including phenoxy) is 1. The zero-order valence-electron chi connectivity index (χ0n) is 17.5. The van der Waals surface area contributed by atoms with E-state index in [1.54, 1.807) is 0 Å². The van der Waals surface area contributed by atoms with Crippen molar-refractivity contribution in [3.8, 4) is 0 Å². The van der Waals surface area contributed by atoms with Crippen LogP contribution in [0, 0.1) is 0 Å². The number of carbonyl (C=O) groups excluding carboxylic acids is 3. The van der Waals surface area contributed by atoms with E-state index in [1.165, 1.54) is 9.80 Å². The monoisotopic (exact) mass is 439 g/mol. The van der Waals surface area contributed by atoms with Crippen molar-refractivity contribution in [2.24, 2.45) is 0 Å². The first-order valence-electron chi connectivity index (χ1n) is 10.2. The standard InChI is InChI=1S/C23H25N3O6/c27-20(14-24-23(31)32-16-18-9-5-2-6-10-18)26-12-11-25(15-21(28)29)22(30)19(26)13-17-7-3-1-4-8-17/h1-10,19H,11-16H2,(H,24,31)(H,28,29)/t19-/m0/s1. The molecule has 0 aromatic heterocycles.